The molecule has 3 N–H and O–H groups in total. The summed E-state index contributed by atoms with van der Waals surface area (Å²) < 4.78 is 11.5. The molecule has 1 amide bonds. The number of para-hydroxylation sites is 1. The van der Waals surface area contributed by atoms with E-state index in [9.17, 15) is 9.90 Å². The predicted octanol–water partition coefficient (Wildman–Crippen LogP) is 0.912. The quantitative estimate of drug-likeness (QED) is 0.771. The van der Waals surface area contributed by atoms with Crippen LogP contribution in [0.4, 0.5) is 5.69 Å². The van der Waals surface area contributed by atoms with Crippen molar-refractivity contribution in [3.63, 3.8) is 0 Å². The Balaban J connectivity index is 1.49. The van der Waals surface area contributed by atoms with E-state index < -0.39 is 6.10 Å². The number of aliphatic hydroxyl groups is 1. The maximum absolute atomic E-state index is 12.1. The summed E-state index contributed by atoms with van der Waals surface area (Å²) in [7, 11) is 0. The van der Waals surface area contributed by atoms with Crippen LogP contribution in [-0.4, -0.2) is 55.1 Å². The van der Waals surface area contributed by atoms with Crippen molar-refractivity contribution >= 4 is 11.6 Å². The van der Waals surface area contributed by atoms with Crippen molar-refractivity contribution in [2.24, 2.45) is 0 Å². The molecule has 2 aliphatic rings. The molecule has 3 rings (SSSR count). The normalized spacial score (nSPS) is 31.5. The van der Waals surface area contributed by atoms with E-state index >= 15 is 0 Å². The number of nitrogens with one attached hydrogen (secondary N) is 2. The molecule has 0 unspecified atom stereocenters. The first kappa shape index (κ1) is 16.4. The van der Waals surface area contributed by atoms with Gasteiger partial charge < -0.3 is 25.2 Å². The third kappa shape index (κ3) is 4.75. The molecule has 23 heavy (non-hydrogen) atoms. The second kappa shape index (κ2) is 7.88. The van der Waals surface area contributed by atoms with Crippen molar-refractivity contribution in [2.45, 2.75) is 43.6 Å². The van der Waals surface area contributed by atoms with Gasteiger partial charge in [-0.2, -0.15) is 0 Å². The fraction of sp³-hybridized carbons (Fsp3) is 0.588. The lowest BCUT2D eigenvalue weighted by atomic mass is 9.96. The lowest BCUT2D eigenvalue weighted by Gasteiger charge is -2.38. The minimum Gasteiger partial charge on any atom is -0.389 e. The second-order valence-electron chi connectivity index (χ2n) is 6.20. The van der Waals surface area contributed by atoms with Gasteiger partial charge in [-0.15, -0.1) is 0 Å². The van der Waals surface area contributed by atoms with E-state index in [-0.39, 0.29) is 24.2 Å². The van der Waals surface area contributed by atoms with E-state index in [1.807, 2.05) is 30.3 Å². The van der Waals surface area contributed by atoms with Gasteiger partial charge in [0.2, 0.25) is 5.91 Å². The minimum atomic E-state index is -0.467. The highest BCUT2D eigenvalue weighted by molar-refractivity contribution is 5.90. The van der Waals surface area contributed by atoms with Crippen LogP contribution in [0.3, 0.4) is 0 Å². The van der Waals surface area contributed by atoms with E-state index in [4.69, 9.17) is 9.47 Å². The molecule has 0 spiro atoms. The summed E-state index contributed by atoms with van der Waals surface area (Å²) in [5.41, 5.74) is 0.802. The number of anilines is 1. The lowest BCUT2D eigenvalue weighted by molar-refractivity contribution is -0.134. The number of rotatable bonds is 3. The Bertz CT molecular complexity index is 511. The molecule has 6 heteroatoms. The fourth-order valence-corrected chi connectivity index (χ4v) is 3.11. The van der Waals surface area contributed by atoms with Gasteiger partial charge in [0.1, 0.15) is 0 Å². The molecule has 2 heterocycles. The summed E-state index contributed by atoms with van der Waals surface area (Å²) in [5.74, 6) is -0.0326. The first-order chi connectivity index (χ1) is 11.2. The van der Waals surface area contributed by atoms with Crippen molar-refractivity contribution in [3.05, 3.63) is 30.3 Å². The molecule has 4 atom stereocenters. The van der Waals surface area contributed by atoms with Crippen LogP contribution in [0.5, 0.6) is 0 Å². The number of carbonyl (C=O) groups excluding carboxylic acids is 1. The second-order valence-corrected chi connectivity index (χ2v) is 6.20. The molecule has 6 nitrogen and oxygen atoms in total. The van der Waals surface area contributed by atoms with Gasteiger partial charge in [0.05, 0.1) is 37.9 Å². The molecule has 0 radical (unpaired) electrons. The summed E-state index contributed by atoms with van der Waals surface area (Å²) in [4.78, 5) is 12.1. The van der Waals surface area contributed by atoms with Crippen LogP contribution in [0.1, 0.15) is 19.3 Å². The summed E-state index contributed by atoms with van der Waals surface area (Å²) in [6, 6.07) is 9.62. The highest BCUT2D eigenvalue weighted by Gasteiger charge is 2.33. The number of hydrogen-bond acceptors (Lipinski definition) is 5. The highest BCUT2D eigenvalue weighted by Crippen LogP contribution is 2.23. The molecular weight excluding hydrogens is 296 g/mol. The third-order valence-electron chi connectivity index (χ3n) is 4.29. The molecule has 1 aromatic rings. The van der Waals surface area contributed by atoms with Gasteiger partial charge >= 0.3 is 0 Å². The van der Waals surface area contributed by atoms with Gasteiger partial charge in [-0.1, -0.05) is 18.2 Å². The van der Waals surface area contributed by atoms with E-state index in [0.29, 0.717) is 26.2 Å². The molecule has 0 bridgehead atoms. The number of β-amino-alcohol motifs (C(OH)–C–C–N with tert-alkyl or cyclic N) is 1. The number of fused-ring (bicyclic) bond motifs is 1. The van der Waals surface area contributed by atoms with E-state index in [1.54, 1.807) is 0 Å². The standard InChI is InChI=1S/C17H24N2O4/c20-13-9-18-15-7-6-14(23-16(15)11-22-10-13)8-17(21)19-12-4-2-1-3-5-12/h1-5,13-16,18,20H,6-11H2,(H,19,21)/t13-,14-,15+,16-/m1/s1. The third-order valence-corrected chi connectivity index (χ3v) is 4.29. The molecular formula is C17H24N2O4. The molecule has 2 fully saturated rings. The van der Waals surface area contributed by atoms with Crippen LogP contribution in [-0.2, 0) is 14.3 Å². The average molecular weight is 320 g/mol. The van der Waals surface area contributed by atoms with E-state index in [2.05, 4.69) is 10.6 Å². The summed E-state index contributed by atoms with van der Waals surface area (Å²) in [6.45, 7) is 1.29. The Labute approximate surface area is 136 Å². The lowest BCUT2D eigenvalue weighted by Crippen LogP contribution is -2.53. The Morgan fingerprint density at radius 3 is 2.91 bits per heavy atom. The Morgan fingerprint density at radius 2 is 2.09 bits per heavy atom. The maximum atomic E-state index is 12.1. The molecule has 2 aliphatic heterocycles. The number of aliphatic hydroxyl groups excluding tert-OH is 1. The van der Waals surface area contributed by atoms with Crippen LogP contribution in [0.2, 0.25) is 0 Å². The van der Waals surface area contributed by atoms with Gasteiger partial charge in [0, 0.05) is 18.3 Å². The fourth-order valence-electron chi connectivity index (χ4n) is 3.11. The average Bonchev–Trinajstić information content (AvgIpc) is 2.53. The number of benzene rings is 1. The topological polar surface area (TPSA) is 79.8 Å². The van der Waals surface area contributed by atoms with Crippen molar-refractivity contribution in [3.8, 4) is 0 Å². The van der Waals surface area contributed by atoms with Gasteiger partial charge in [0.25, 0.3) is 0 Å². The number of hydrogen-bond donors (Lipinski definition) is 3. The van der Waals surface area contributed by atoms with E-state index in [0.717, 1.165) is 18.5 Å². The largest absolute Gasteiger partial charge is 0.389 e. The van der Waals surface area contributed by atoms with Crippen LogP contribution in [0.25, 0.3) is 0 Å². The SMILES string of the molecule is O=C(C[C@H]1CC[C@@H]2NC[C@@H](O)COC[C@H]2O1)Nc1ccccc1. The van der Waals surface area contributed by atoms with Crippen LogP contribution < -0.4 is 10.6 Å². The zero-order chi connectivity index (χ0) is 16.1. The van der Waals surface area contributed by atoms with Gasteiger partial charge in [-0.3, -0.25) is 4.79 Å². The monoisotopic (exact) mass is 320 g/mol. The predicted molar refractivity (Wildman–Crippen MR) is 86.2 cm³/mol. The number of amides is 1. The molecule has 1 aromatic carbocycles. The molecule has 0 aliphatic carbocycles. The molecule has 0 saturated carbocycles. The van der Waals surface area contributed by atoms with Crippen molar-refractivity contribution in [1.82, 2.24) is 5.32 Å². The highest BCUT2D eigenvalue weighted by atomic mass is 16.5. The summed E-state index contributed by atoms with van der Waals surface area (Å²) in [5, 5.41) is 15.9. The van der Waals surface area contributed by atoms with Gasteiger partial charge in [-0.05, 0) is 25.0 Å². The zero-order valence-electron chi connectivity index (χ0n) is 13.1. The Morgan fingerprint density at radius 1 is 1.26 bits per heavy atom. The molecule has 126 valence electrons. The minimum absolute atomic E-state index is 0.0326. The number of carbonyl (C=O) groups is 1. The molecule has 2 saturated heterocycles. The zero-order valence-corrected chi connectivity index (χ0v) is 13.1. The van der Waals surface area contributed by atoms with Crippen molar-refractivity contribution in [2.75, 3.05) is 25.1 Å². The Kier molecular flexibility index (Phi) is 5.61. The van der Waals surface area contributed by atoms with Crippen LogP contribution in [0.15, 0.2) is 30.3 Å². The number of ether oxygens (including phenoxy) is 2. The van der Waals surface area contributed by atoms with E-state index in [1.165, 1.54) is 0 Å². The van der Waals surface area contributed by atoms with Crippen molar-refractivity contribution < 1.29 is 19.4 Å². The van der Waals surface area contributed by atoms with Crippen LogP contribution in [0, 0.1) is 0 Å². The first-order valence-corrected chi connectivity index (χ1v) is 8.20. The van der Waals surface area contributed by atoms with Gasteiger partial charge in [0.15, 0.2) is 0 Å². The van der Waals surface area contributed by atoms with Gasteiger partial charge in [-0.25, -0.2) is 0 Å². The maximum Gasteiger partial charge on any atom is 0.226 e. The Hall–Kier alpha value is -1.47. The summed E-state index contributed by atoms with van der Waals surface area (Å²) >= 11 is 0. The van der Waals surface area contributed by atoms with Crippen LogP contribution >= 0.6 is 0 Å². The first-order valence-electron chi connectivity index (χ1n) is 8.20. The summed E-state index contributed by atoms with van der Waals surface area (Å²) in [6.07, 6.45) is 1.47. The molecule has 0 aromatic heterocycles. The smallest absolute Gasteiger partial charge is 0.226 e. The van der Waals surface area contributed by atoms with Crippen molar-refractivity contribution in [1.29, 1.82) is 0 Å².